The summed E-state index contributed by atoms with van der Waals surface area (Å²) in [7, 11) is 1.90. The molecule has 1 fully saturated rings. The molecule has 1 amide bonds. The molecular formula is C20H25FN2O2. The lowest BCUT2D eigenvalue weighted by Gasteiger charge is -2.36. The summed E-state index contributed by atoms with van der Waals surface area (Å²) in [5.74, 6) is 1.19. The average Bonchev–Trinajstić information content (AvgIpc) is 3.08. The van der Waals surface area contributed by atoms with E-state index in [0.717, 1.165) is 6.42 Å². The SMILES string of the molecule is CC1CCCCC1N(C)C(=O)CCc1ncc(-c2ccccc2F)o1. The number of rotatable bonds is 5. The van der Waals surface area contributed by atoms with Gasteiger partial charge in [-0.05, 0) is 30.9 Å². The number of amides is 1. The number of aryl methyl sites for hydroxylation is 1. The quantitative estimate of drug-likeness (QED) is 0.805. The van der Waals surface area contributed by atoms with Crippen molar-refractivity contribution >= 4 is 5.91 Å². The Morgan fingerprint density at radius 1 is 1.32 bits per heavy atom. The summed E-state index contributed by atoms with van der Waals surface area (Å²) in [5.41, 5.74) is 0.390. The Morgan fingerprint density at radius 3 is 2.84 bits per heavy atom. The first kappa shape index (κ1) is 17.6. The van der Waals surface area contributed by atoms with Gasteiger partial charge in [-0.1, -0.05) is 31.9 Å². The number of hydrogen-bond acceptors (Lipinski definition) is 3. The topological polar surface area (TPSA) is 46.3 Å². The van der Waals surface area contributed by atoms with Gasteiger partial charge in [0.05, 0.1) is 11.8 Å². The molecule has 25 heavy (non-hydrogen) atoms. The van der Waals surface area contributed by atoms with Crippen LogP contribution in [0.4, 0.5) is 4.39 Å². The minimum absolute atomic E-state index is 0.115. The Kier molecular flexibility index (Phi) is 5.51. The second-order valence-electron chi connectivity index (χ2n) is 6.93. The largest absolute Gasteiger partial charge is 0.441 e. The van der Waals surface area contributed by atoms with Crippen LogP contribution in [0.1, 0.15) is 44.9 Å². The van der Waals surface area contributed by atoms with Gasteiger partial charge in [0.1, 0.15) is 5.82 Å². The first-order valence-corrected chi connectivity index (χ1v) is 9.01. The maximum absolute atomic E-state index is 13.8. The summed E-state index contributed by atoms with van der Waals surface area (Å²) in [6.07, 6.45) is 7.03. The molecule has 1 heterocycles. The summed E-state index contributed by atoms with van der Waals surface area (Å²) in [4.78, 5) is 18.6. The highest BCUT2D eigenvalue weighted by molar-refractivity contribution is 5.76. The van der Waals surface area contributed by atoms with Crippen molar-refractivity contribution in [2.24, 2.45) is 5.92 Å². The van der Waals surface area contributed by atoms with Crippen LogP contribution in [0.5, 0.6) is 0 Å². The van der Waals surface area contributed by atoms with Crippen LogP contribution in [0.25, 0.3) is 11.3 Å². The van der Waals surface area contributed by atoms with E-state index in [4.69, 9.17) is 4.42 Å². The van der Waals surface area contributed by atoms with Crippen LogP contribution in [-0.4, -0.2) is 28.9 Å². The fourth-order valence-corrected chi connectivity index (χ4v) is 3.66. The molecule has 1 aliphatic rings. The third-order valence-corrected chi connectivity index (χ3v) is 5.20. The van der Waals surface area contributed by atoms with Gasteiger partial charge < -0.3 is 9.32 Å². The van der Waals surface area contributed by atoms with Crippen molar-refractivity contribution in [2.75, 3.05) is 7.05 Å². The Labute approximate surface area is 148 Å². The summed E-state index contributed by atoms with van der Waals surface area (Å²) in [6, 6.07) is 6.77. The number of carbonyl (C=O) groups is 1. The summed E-state index contributed by atoms with van der Waals surface area (Å²) >= 11 is 0. The van der Waals surface area contributed by atoms with Gasteiger partial charge in [-0.25, -0.2) is 9.37 Å². The van der Waals surface area contributed by atoms with Crippen molar-refractivity contribution in [2.45, 2.75) is 51.5 Å². The van der Waals surface area contributed by atoms with Gasteiger partial charge in [-0.2, -0.15) is 0 Å². The highest BCUT2D eigenvalue weighted by Gasteiger charge is 2.27. The Bertz CT molecular complexity index is 728. The molecule has 0 spiro atoms. The molecule has 0 N–H and O–H groups in total. The molecule has 1 aromatic heterocycles. The van der Waals surface area contributed by atoms with Crippen LogP contribution in [0.3, 0.4) is 0 Å². The fourth-order valence-electron chi connectivity index (χ4n) is 3.66. The van der Waals surface area contributed by atoms with Crippen molar-refractivity contribution in [1.29, 1.82) is 0 Å². The van der Waals surface area contributed by atoms with Crippen molar-refractivity contribution in [3.63, 3.8) is 0 Å². The minimum atomic E-state index is -0.340. The van der Waals surface area contributed by atoms with Crippen LogP contribution in [0.15, 0.2) is 34.9 Å². The lowest BCUT2D eigenvalue weighted by molar-refractivity contribution is -0.133. The molecule has 0 aliphatic heterocycles. The van der Waals surface area contributed by atoms with E-state index in [1.165, 1.54) is 31.5 Å². The van der Waals surface area contributed by atoms with E-state index in [1.54, 1.807) is 18.2 Å². The van der Waals surface area contributed by atoms with Gasteiger partial charge in [0.25, 0.3) is 0 Å². The number of carbonyl (C=O) groups excluding carboxylic acids is 1. The van der Waals surface area contributed by atoms with Crippen LogP contribution in [-0.2, 0) is 11.2 Å². The predicted molar refractivity (Wildman–Crippen MR) is 94.4 cm³/mol. The molecule has 0 radical (unpaired) electrons. The van der Waals surface area contributed by atoms with Crippen molar-refractivity contribution in [3.8, 4) is 11.3 Å². The number of halogens is 1. The Hall–Kier alpha value is -2.17. The second-order valence-corrected chi connectivity index (χ2v) is 6.93. The number of oxazole rings is 1. The van der Waals surface area contributed by atoms with Gasteiger partial charge in [0.15, 0.2) is 11.7 Å². The summed E-state index contributed by atoms with van der Waals surface area (Å²) < 4.78 is 19.4. The van der Waals surface area contributed by atoms with Gasteiger partial charge in [-0.15, -0.1) is 0 Å². The van der Waals surface area contributed by atoms with E-state index in [-0.39, 0.29) is 11.7 Å². The van der Waals surface area contributed by atoms with Crippen molar-refractivity contribution in [3.05, 3.63) is 42.2 Å². The molecule has 0 bridgehead atoms. The fraction of sp³-hybridized carbons (Fsp3) is 0.500. The zero-order valence-corrected chi connectivity index (χ0v) is 14.9. The normalized spacial score (nSPS) is 20.4. The van der Waals surface area contributed by atoms with Gasteiger partial charge in [-0.3, -0.25) is 4.79 Å². The zero-order chi connectivity index (χ0) is 17.8. The molecule has 2 aromatic rings. The van der Waals surface area contributed by atoms with E-state index in [9.17, 15) is 9.18 Å². The third-order valence-electron chi connectivity index (χ3n) is 5.20. The molecule has 4 nitrogen and oxygen atoms in total. The molecule has 1 aliphatic carbocycles. The van der Waals surface area contributed by atoms with Crippen LogP contribution < -0.4 is 0 Å². The van der Waals surface area contributed by atoms with Crippen LogP contribution >= 0.6 is 0 Å². The standard InChI is InChI=1S/C20H25FN2O2/c1-14-7-3-6-10-17(14)23(2)20(24)12-11-19-22-13-18(25-19)15-8-4-5-9-16(15)21/h4-5,8-9,13-14,17H,3,6-7,10-12H2,1-2H3. The molecule has 2 atom stereocenters. The summed E-state index contributed by atoms with van der Waals surface area (Å²) in [6.45, 7) is 2.22. The van der Waals surface area contributed by atoms with Gasteiger partial charge >= 0.3 is 0 Å². The summed E-state index contributed by atoms with van der Waals surface area (Å²) in [5, 5.41) is 0. The molecular weight excluding hydrogens is 319 g/mol. The molecule has 1 saturated carbocycles. The first-order chi connectivity index (χ1) is 12.1. The van der Waals surface area contributed by atoms with Crippen LogP contribution in [0, 0.1) is 11.7 Å². The maximum atomic E-state index is 13.8. The Morgan fingerprint density at radius 2 is 2.08 bits per heavy atom. The predicted octanol–water partition coefficient (Wildman–Crippen LogP) is 4.45. The molecule has 3 rings (SSSR count). The highest BCUT2D eigenvalue weighted by Crippen LogP contribution is 2.28. The third kappa shape index (κ3) is 4.09. The number of benzene rings is 1. The second kappa shape index (κ2) is 7.81. The zero-order valence-electron chi connectivity index (χ0n) is 14.9. The van der Waals surface area contributed by atoms with Gasteiger partial charge in [0, 0.05) is 25.9 Å². The van der Waals surface area contributed by atoms with E-state index in [0.29, 0.717) is 42.0 Å². The number of aromatic nitrogens is 1. The molecule has 134 valence electrons. The minimum Gasteiger partial charge on any atom is -0.441 e. The van der Waals surface area contributed by atoms with E-state index in [1.807, 2.05) is 11.9 Å². The molecule has 5 heteroatoms. The molecule has 0 saturated heterocycles. The monoisotopic (exact) mass is 344 g/mol. The molecule has 2 unspecified atom stereocenters. The van der Waals surface area contributed by atoms with E-state index in [2.05, 4.69) is 11.9 Å². The Balaban J connectivity index is 1.58. The van der Waals surface area contributed by atoms with E-state index >= 15 is 0 Å². The van der Waals surface area contributed by atoms with Crippen molar-refractivity contribution in [1.82, 2.24) is 9.88 Å². The van der Waals surface area contributed by atoms with E-state index < -0.39 is 0 Å². The average molecular weight is 344 g/mol. The lowest BCUT2D eigenvalue weighted by atomic mass is 9.85. The van der Waals surface area contributed by atoms with Crippen molar-refractivity contribution < 1.29 is 13.6 Å². The lowest BCUT2D eigenvalue weighted by Crippen LogP contribution is -2.42. The molecule has 1 aromatic carbocycles. The van der Waals surface area contributed by atoms with Crippen LogP contribution in [0.2, 0.25) is 0 Å². The number of nitrogens with zero attached hydrogens (tertiary/aromatic N) is 2. The number of hydrogen-bond donors (Lipinski definition) is 0. The van der Waals surface area contributed by atoms with Gasteiger partial charge in [0.2, 0.25) is 5.91 Å². The maximum Gasteiger partial charge on any atom is 0.223 e. The first-order valence-electron chi connectivity index (χ1n) is 9.01. The smallest absolute Gasteiger partial charge is 0.223 e. The highest BCUT2D eigenvalue weighted by atomic mass is 19.1.